The van der Waals surface area contributed by atoms with Crippen LogP contribution < -0.4 is 4.74 Å². The molecule has 1 saturated carbocycles. The molecule has 0 aromatic heterocycles. The van der Waals surface area contributed by atoms with Gasteiger partial charge in [0.25, 0.3) is 0 Å². The molecule has 1 aromatic carbocycles. The summed E-state index contributed by atoms with van der Waals surface area (Å²) in [5, 5.41) is 9.36. The summed E-state index contributed by atoms with van der Waals surface area (Å²) < 4.78 is 18.4. The number of carboxylic acid groups (broad SMARTS) is 1. The smallest absolute Gasteiger partial charge is 0.314 e. The third-order valence-corrected chi connectivity index (χ3v) is 3.63. The first kappa shape index (κ1) is 11.9. The van der Waals surface area contributed by atoms with Gasteiger partial charge < -0.3 is 9.84 Å². The standard InChI is InChI=1S/C13H15FO3/c1-8-6-10(14)11(17-2)7-9(8)13(12(15)16)4-3-5-13/h6-7H,3-5H2,1-2H3,(H,15,16). The van der Waals surface area contributed by atoms with Crippen molar-refractivity contribution >= 4 is 5.97 Å². The fourth-order valence-corrected chi connectivity index (χ4v) is 2.45. The summed E-state index contributed by atoms with van der Waals surface area (Å²) in [4.78, 5) is 11.4. The molecular weight excluding hydrogens is 223 g/mol. The number of carboxylic acids is 1. The fourth-order valence-electron chi connectivity index (χ4n) is 2.45. The van der Waals surface area contributed by atoms with Crippen molar-refractivity contribution in [3.8, 4) is 5.75 Å². The van der Waals surface area contributed by atoms with Crippen LogP contribution in [0.4, 0.5) is 4.39 Å². The Morgan fingerprint density at radius 1 is 1.47 bits per heavy atom. The number of halogens is 1. The molecule has 0 bridgehead atoms. The van der Waals surface area contributed by atoms with Gasteiger partial charge in [0.2, 0.25) is 0 Å². The largest absolute Gasteiger partial charge is 0.494 e. The Kier molecular flexibility index (Phi) is 2.81. The molecule has 0 aliphatic heterocycles. The molecule has 0 unspecified atom stereocenters. The summed E-state index contributed by atoms with van der Waals surface area (Å²) in [6, 6.07) is 2.87. The van der Waals surface area contributed by atoms with E-state index < -0.39 is 17.2 Å². The Bertz CT molecular complexity index is 464. The first-order chi connectivity index (χ1) is 8.01. The topological polar surface area (TPSA) is 46.5 Å². The predicted octanol–water partition coefficient (Wildman–Crippen LogP) is 2.65. The van der Waals surface area contributed by atoms with Gasteiger partial charge in [0.05, 0.1) is 12.5 Å². The molecule has 2 rings (SSSR count). The predicted molar refractivity (Wildman–Crippen MR) is 60.9 cm³/mol. The van der Waals surface area contributed by atoms with Crippen molar-refractivity contribution in [1.82, 2.24) is 0 Å². The van der Waals surface area contributed by atoms with Gasteiger partial charge in [-0.15, -0.1) is 0 Å². The van der Waals surface area contributed by atoms with E-state index in [-0.39, 0.29) is 5.75 Å². The Labute approximate surface area is 99.2 Å². The second-order valence-corrected chi connectivity index (χ2v) is 4.54. The molecule has 0 atom stereocenters. The number of ether oxygens (including phenoxy) is 1. The van der Waals surface area contributed by atoms with E-state index in [0.717, 1.165) is 6.42 Å². The number of rotatable bonds is 3. The zero-order valence-corrected chi connectivity index (χ0v) is 9.92. The van der Waals surface area contributed by atoms with Crippen LogP contribution in [-0.2, 0) is 10.2 Å². The molecule has 1 N–H and O–H groups in total. The van der Waals surface area contributed by atoms with Crippen LogP contribution in [0, 0.1) is 12.7 Å². The molecule has 0 spiro atoms. The van der Waals surface area contributed by atoms with Crippen LogP contribution in [0.15, 0.2) is 12.1 Å². The van der Waals surface area contributed by atoms with E-state index in [1.54, 1.807) is 6.92 Å². The van der Waals surface area contributed by atoms with E-state index in [0.29, 0.717) is 24.0 Å². The second-order valence-electron chi connectivity index (χ2n) is 4.54. The van der Waals surface area contributed by atoms with Gasteiger partial charge in [0.15, 0.2) is 11.6 Å². The van der Waals surface area contributed by atoms with Crippen LogP contribution in [-0.4, -0.2) is 18.2 Å². The molecule has 1 aliphatic rings. The molecule has 92 valence electrons. The number of aliphatic carboxylic acids is 1. The van der Waals surface area contributed by atoms with Crippen LogP contribution in [0.2, 0.25) is 0 Å². The summed E-state index contributed by atoms with van der Waals surface area (Å²) in [5.41, 5.74) is 0.505. The number of carbonyl (C=O) groups is 1. The monoisotopic (exact) mass is 238 g/mol. The van der Waals surface area contributed by atoms with E-state index in [9.17, 15) is 14.3 Å². The molecule has 17 heavy (non-hydrogen) atoms. The minimum absolute atomic E-state index is 0.109. The highest BCUT2D eigenvalue weighted by molar-refractivity contribution is 5.83. The zero-order valence-electron chi connectivity index (χ0n) is 9.92. The van der Waals surface area contributed by atoms with E-state index in [4.69, 9.17) is 4.74 Å². The quantitative estimate of drug-likeness (QED) is 0.880. The van der Waals surface area contributed by atoms with E-state index in [1.165, 1.54) is 19.2 Å². The molecule has 3 nitrogen and oxygen atoms in total. The zero-order chi connectivity index (χ0) is 12.6. The van der Waals surface area contributed by atoms with E-state index >= 15 is 0 Å². The van der Waals surface area contributed by atoms with Crippen LogP contribution in [0.3, 0.4) is 0 Å². The van der Waals surface area contributed by atoms with Gasteiger partial charge in [0, 0.05) is 0 Å². The molecule has 1 fully saturated rings. The van der Waals surface area contributed by atoms with Gasteiger partial charge in [-0.25, -0.2) is 4.39 Å². The first-order valence-corrected chi connectivity index (χ1v) is 5.59. The van der Waals surface area contributed by atoms with Crippen molar-refractivity contribution in [2.24, 2.45) is 0 Å². The Hall–Kier alpha value is -1.58. The fraction of sp³-hybridized carbons (Fsp3) is 0.462. The Morgan fingerprint density at radius 2 is 2.12 bits per heavy atom. The SMILES string of the molecule is COc1cc(C2(C(=O)O)CCC2)c(C)cc1F. The maximum Gasteiger partial charge on any atom is 0.314 e. The summed E-state index contributed by atoms with van der Waals surface area (Å²) in [7, 11) is 1.38. The van der Waals surface area contributed by atoms with Crippen molar-refractivity contribution in [2.75, 3.05) is 7.11 Å². The average molecular weight is 238 g/mol. The van der Waals surface area contributed by atoms with Crippen molar-refractivity contribution in [3.63, 3.8) is 0 Å². The number of hydrogen-bond donors (Lipinski definition) is 1. The third kappa shape index (κ3) is 1.68. The molecule has 0 amide bonds. The molecule has 1 aliphatic carbocycles. The van der Waals surface area contributed by atoms with Crippen LogP contribution in [0.5, 0.6) is 5.75 Å². The lowest BCUT2D eigenvalue weighted by molar-refractivity contribution is -0.147. The summed E-state index contributed by atoms with van der Waals surface area (Å²) >= 11 is 0. The highest BCUT2D eigenvalue weighted by Gasteiger charge is 2.47. The van der Waals surface area contributed by atoms with Crippen LogP contribution in [0.25, 0.3) is 0 Å². The molecular formula is C13H15FO3. The lowest BCUT2D eigenvalue weighted by Gasteiger charge is -2.39. The van der Waals surface area contributed by atoms with Gasteiger partial charge in [-0.05, 0) is 43.0 Å². The molecule has 4 heteroatoms. The van der Waals surface area contributed by atoms with Gasteiger partial charge >= 0.3 is 5.97 Å². The van der Waals surface area contributed by atoms with Crippen LogP contribution >= 0.6 is 0 Å². The Balaban J connectivity index is 2.54. The summed E-state index contributed by atoms with van der Waals surface area (Å²) in [6.45, 7) is 1.74. The van der Waals surface area contributed by atoms with Gasteiger partial charge in [-0.2, -0.15) is 0 Å². The lowest BCUT2D eigenvalue weighted by atomic mass is 9.63. The maximum absolute atomic E-state index is 13.5. The minimum Gasteiger partial charge on any atom is -0.494 e. The highest BCUT2D eigenvalue weighted by Crippen LogP contribution is 2.46. The van der Waals surface area contributed by atoms with E-state index in [2.05, 4.69) is 0 Å². The number of methoxy groups -OCH3 is 1. The van der Waals surface area contributed by atoms with Crippen molar-refractivity contribution in [2.45, 2.75) is 31.6 Å². The number of hydrogen-bond acceptors (Lipinski definition) is 2. The number of aryl methyl sites for hydroxylation is 1. The lowest BCUT2D eigenvalue weighted by Crippen LogP contribution is -2.42. The maximum atomic E-state index is 13.5. The van der Waals surface area contributed by atoms with Crippen molar-refractivity contribution in [1.29, 1.82) is 0 Å². The normalized spacial score (nSPS) is 17.4. The molecule has 1 aromatic rings. The van der Waals surface area contributed by atoms with Gasteiger partial charge in [-0.3, -0.25) is 4.79 Å². The first-order valence-electron chi connectivity index (χ1n) is 5.59. The minimum atomic E-state index is -0.842. The van der Waals surface area contributed by atoms with E-state index in [1.807, 2.05) is 0 Å². The van der Waals surface area contributed by atoms with Crippen LogP contribution in [0.1, 0.15) is 30.4 Å². The summed E-state index contributed by atoms with van der Waals surface area (Å²) in [5.74, 6) is -1.17. The van der Waals surface area contributed by atoms with Gasteiger partial charge in [0.1, 0.15) is 0 Å². The second kappa shape index (κ2) is 4.02. The van der Waals surface area contributed by atoms with Crippen molar-refractivity contribution < 1.29 is 19.0 Å². The molecule has 0 radical (unpaired) electrons. The summed E-state index contributed by atoms with van der Waals surface area (Å²) in [6.07, 6.45) is 2.11. The highest BCUT2D eigenvalue weighted by atomic mass is 19.1. The Morgan fingerprint density at radius 3 is 2.53 bits per heavy atom. The van der Waals surface area contributed by atoms with Gasteiger partial charge in [-0.1, -0.05) is 6.42 Å². The average Bonchev–Trinajstić information content (AvgIpc) is 2.18. The molecule has 0 saturated heterocycles. The molecule has 0 heterocycles. The van der Waals surface area contributed by atoms with Crippen molar-refractivity contribution in [3.05, 3.63) is 29.1 Å². The number of benzene rings is 1. The third-order valence-electron chi connectivity index (χ3n) is 3.63.